The molecule has 2 aromatic heterocycles. The molecule has 11 nitrogen and oxygen atoms in total. The Kier molecular flexibility index (Phi) is 5.72. The molecule has 5 rings (SSSR count). The van der Waals surface area contributed by atoms with Crippen molar-refractivity contribution in [1.82, 2.24) is 30.3 Å². The van der Waals surface area contributed by atoms with E-state index < -0.39 is 17.0 Å². The fraction of sp³-hybridized carbons (Fsp3) is 0.333. The van der Waals surface area contributed by atoms with Crippen molar-refractivity contribution < 1.29 is 14.0 Å². The fourth-order valence-corrected chi connectivity index (χ4v) is 3.96. The minimum Gasteiger partial charge on any atom is -0.370 e. The standard InChI is InChI=1S/C21H19B3FN9O2/c1-9-26-15-8-33(2)18-13(34(15)32-9)6-5-11(25)16(18)27-12-7-14(28-19(35)10-3-4-10)30-31-17(12)20(36)29-21(22,23)24/h5-7,10H,3-4,8H2,1-2H3,(H,29,36)(H2,27,28,30,35). The Labute approximate surface area is 209 Å². The van der Waals surface area contributed by atoms with E-state index >= 15 is 4.39 Å². The highest BCUT2D eigenvalue weighted by atomic mass is 19.1. The van der Waals surface area contributed by atoms with E-state index in [0.29, 0.717) is 29.6 Å². The number of nitrogens with one attached hydrogen (secondary N) is 3. The second kappa shape index (κ2) is 8.64. The van der Waals surface area contributed by atoms with Crippen molar-refractivity contribution in [3.8, 4) is 5.69 Å². The fourth-order valence-electron chi connectivity index (χ4n) is 3.96. The average molecular weight is 481 g/mol. The SMILES string of the molecule is [B]C([B])([B])NC(=O)c1nnc(NC(=O)C2CC2)cc1Nc1c(F)ccc2c1N(C)Cc1nc(C)nn1-2. The summed E-state index contributed by atoms with van der Waals surface area (Å²) in [7, 11) is 18.3. The van der Waals surface area contributed by atoms with Gasteiger partial charge in [-0.05, 0) is 31.9 Å². The van der Waals surface area contributed by atoms with E-state index in [9.17, 15) is 9.59 Å². The lowest BCUT2D eigenvalue weighted by Crippen LogP contribution is -2.50. The number of hydrogen-bond acceptors (Lipinski definition) is 8. The smallest absolute Gasteiger partial charge is 0.272 e. The summed E-state index contributed by atoms with van der Waals surface area (Å²) in [6, 6.07) is 4.24. The Hall–Kier alpha value is -3.90. The van der Waals surface area contributed by atoms with Gasteiger partial charge in [-0.3, -0.25) is 9.59 Å². The van der Waals surface area contributed by atoms with Gasteiger partial charge in [0.25, 0.3) is 5.91 Å². The number of hydrogen-bond donors (Lipinski definition) is 3. The van der Waals surface area contributed by atoms with Crippen LogP contribution in [0.5, 0.6) is 0 Å². The maximum Gasteiger partial charge on any atom is 0.272 e. The van der Waals surface area contributed by atoms with Crippen LogP contribution in [0.1, 0.15) is 35.0 Å². The number of amides is 2. The van der Waals surface area contributed by atoms with Gasteiger partial charge in [0.05, 0.1) is 47.1 Å². The summed E-state index contributed by atoms with van der Waals surface area (Å²) in [6.45, 7) is 2.14. The van der Waals surface area contributed by atoms with Crippen LogP contribution >= 0.6 is 0 Å². The summed E-state index contributed by atoms with van der Waals surface area (Å²) in [4.78, 5) is 31.3. The third kappa shape index (κ3) is 4.64. The minimum atomic E-state index is -2.03. The summed E-state index contributed by atoms with van der Waals surface area (Å²) in [5, 5.41) is 18.0. The molecule has 3 N–H and O–H groups in total. The van der Waals surface area contributed by atoms with Gasteiger partial charge in [-0.1, -0.05) is 5.24 Å². The topological polar surface area (TPSA) is 130 Å². The van der Waals surface area contributed by atoms with Gasteiger partial charge in [-0.15, -0.1) is 10.2 Å². The maximum absolute atomic E-state index is 15.2. The van der Waals surface area contributed by atoms with Crippen molar-refractivity contribution in [2.45, 2.75) is 31.5 Å². The summed E-state index contributed by atoms with van der Waals surface area (Å²) < 4.78 is 16.9. The number of halogens is 1. The van der Waals surface area contributed by atoms with Crippen molar-refractivity contribution >= 4 is 58.2 Å². The molecule has 0 atom stereocenters. The molecule has 3 aromatic rings. The van der Waals surface area contributed by atoms with Crippen LogP contribution in [0.4, 0.5) is 27.3 Å². The zero-order valence-corrected chi connectivity index (χ0v) is 19.5. The van der Waals surface area contributed by atoms with Crippen LogP contribution in [0.3, 0.4) is 0 Å². The molecular formula is C21H19B3FN9O2. The first-order valence-electron chi connectivity index (χ1n) is 11.1. The average Bonchev–Trinajstić information content (AvgIpc) is 3.56. The zero-order chi connectivity index (χ0) is 25.8. The molecule has 0 saturated heterocycles. The molecule has 0 bridgehead atoms. The molecule has 0 unspecified atom stereocenters. The van der Waals surface area contributed by atoms with E-state index in [1.807, 2.05) is 0 Å². The summed E-state index contributed by atoms with van der Waals surface area (Å²) in [5.74, 6) is -0.407. The predicted octanol–water partition coefficient (Wildman–Crippen LogP) is 0.393. The molecule has 1 aromatic carbocycles. The van der Waals surface area contributed by atoms with Crippen molar-refractivity contribution in [2.75, 3.05) is 22.6 Å². The highest BCUT2D eigenvalue weighted by Crippen LogP contribution is 2.40. The van der Waals surface area contributed by atoms with Gasteiger partial charge in [0.15, 0.2) is 17.3 Å². The number of carbonyl (C=O) groups excluding carboxylic acids is 2. The van der Waals surface area contributed by atoms with Crippen LogP contribution in [-0.2, 0) is 11.3 Å². The van der Waals surface area contributed by atoms with Crippen LogP contribution in [0.2, 0.25) is 0 Å². The van der Waals surface area contributed by atoms with Crippen molar-refractivity contribution in [3.63, 3.8) is 0 Å². The Morgan fingerprint density at radius 1 is 1.19 bits per heavy atom. The third-order valence-electron chi connectivity index (χ3n) is 5.67. The number of aromatic nitrogens is 5. The van der Waals surface area contributed by atoms with Crippen molar-refractivity contribution in [3.05, 3.63) is 41.4 Å². The summed E-state index contributed by atoms with van der Waals surface area (Å²) in [5.41, 5.74) is 0.889. The van der Waals surface area contributed by atoms with E-state index in [2.05, 4.69) is 36.2 Å². The van der Waals surface area contributed by atoms with E-state index in [-0.39, 0.29) is 34.7 Å². The molecule has 6 radical (unpaired) electrons. The summed E-state index contributed by atoms with van der Waals surface area (Å²) >= 11 is 0. The van der Waals surface area contributed by atoms with Crippen LogP contribution in [0, 0.1) is 18.7 Å². The first-order chi connectivity index (χ1) is 17.0. The Balaban J connectivity index is 1.58. The van der Waals surface area contributed by atoms with E-state index in [4.69, 9.17) is 23.5 Å². The quantitative estimate of drug-likeness (QED) is 0.432. The van der Waals surface area contributed by atoms with E-state index in [1.54, 1.807) is 29.6 Å². The highest BCUT2D eigenvalue weighted by Gasteiger charge is 2.31. The monoisotopic (exact) mass is 481 g/mol. The van der Waals surface area contributed by atoms with Gasteiger partial charge in [-0.2, -0.15) is 5.10 Å². The molecule has 2 aliphatic rings. The lowest BCUT2D eigenvalue weighted by atomic mass is 9.49. The van der Waals surface area contributed by atoms with Crippen LogP contribution in [0.25, 0.3) is 5.69 Å². The van der Waals surface area contributed by atoms with Crippen LogP contribution < -0.4 is 20.9 Å². The number of anilines is 4. The number of fused-ring (bicyclic) bond motifs is 3. The normalized spacial score (nSPS) is 14.6. The Bertz CT molecular complexity index is 1390. The predicted molar refractivity (Wildman–Crippen MR) is 132 cm³/mol. The molecule has 15 heteroatoms. The van der Waals surface area contributed by atoms with Crippen LogP contribution in [0.15, 0.2) is 18.2 Å². The van der Waals surface area contributed by atoms with Gasteiger partial charge in [0.2, 0.25) is 5.91 Å². The van der Waals surface area contributed by atoms with Gasteiger partial charge in [0.1, 0.15) is 17.3 Å². The number of benzene rings is 1. The number of rotatable bonds is 6. The molecule has 2 amide bonds. The van der Waals surface area contributed by atoms with Crippen molar-refractivity contribution in [2.24, 2.45) is 5.92 Å². The van der Waals surface area contributed by atoms with Gasteiger partial charge >= 0.3 is 0 Å². The molecule has 36 heavy (non-hydrogen) atoms. The minimum absolute atomic E-state index is 0.0408. The molecule has 176 valence electrons. The molecule has 1 aliphatic carbocycles. The first-order valence-corrected chi connectivity index (χ1v) is 11.1. The molecule has 1 fully saturated rings. The molecule has 3 heterocycles. The second-order valence-corrected chi connectivity index (χ2v) is 8.90. The van der Waals surface area contributed by atoms with Gasteiger partial charge in [-0.25, -0.2) is 14.1 Å². The molecule has 1 aliphatic heterocycles. The zero-order valence-electron chi connectivity index (χ0n) is 19.5. The van der Waals surface area contributed by atoms with Crippen molar-refractivity contribution in [1.29, 1.82) is 0 Å². The van der Waals surface area contributed by atoms with E-state index in [1.165, 1.54) is 12.1 Å². The lowest BCUT2D eigenvalue weighted by Gasteiger charge is -2.30. The van der Waals surface area contributed by atoms with E-state index in [0.717, 1.165) is 12.8 Å². The number of carbonyl (C=O) groups is 2. The Morgan fingerprint density at radius 2 is 1.94 bits per heavy atom. The highest BCUT2D eigenvalue weighted by molar-refractivity contribution is 6.60. The molecule has 0 spiro atoms. The first kappa shape index (κ1) is 23.8. The Morgan fingerprint density at radius 3 is 2.64 bits per heavy atom. The number of nitrogens with zero attached hydrogens (tertiary/aromatic N) is 6. The van der Waals surface area contributed by atoms with Gasteiger partial charge in [0, 0.05) is 19.0 Å². The maximum atomic E-state index is 15.2. The molecular weight excluding hydrogens is 462 g/mol. The number of aryl methyl sites for hydroxylation is 1. The molecule has 1 saturated carbocycles. The second-order valence-electron chi connectivity index (χ2n) is 8.90. The largest absolute Gasteiger partial charge is 0.370 e. The summed E-state index contributed by atoms with van der Waals surface area (Å²) in [6.07, 6.45) is 1.57. The van der Waals surface area contributed by atoms with Crippen LogP contribution in [-0.4, -0.2) is 72.6 Å². The van der Waals surface area contributed by atoms with Gasteiger partial charge < -0.3 is 20.9 Å². The third-order valence-corrected chi connectivity index (χ3v) is 5.67. The lowest BCUT2D eigenvalue weighted by molar-refractivity contribution is -0.117.